The first-order valence-corrected chi connectivity index (χ1v) is 8.63. The van der Waals surface area contributed by atoms with Crippen LogP contribution in [0.15, 0.2) is 0 Å². The molecule has 0 aromatic carbocycles. The van der Waals surface area contributed by atoms with Crippen LogP contribution in [0.2, 0.25) is 0 Å². The Morgan fingerprint density at radius 2 is 1.86 bits per heavy atom. The molecule has 1 fully saturated rings. The SMILES string of the molecule is CCC(C)OCCCC(=O)N1CCN(CC#CC(C)C)CC1. The van der Waals surface area contributed by atoms with Gasteiger partial charge in [-0.3, -0.25) is 9.69 Å². The molecule has 1 saturated heterocycles. The van der Waals surface area contributed by atoms with Crippen LogP contribution in [0.3, 0.4) is 0 Å². The summed E-state index contributed by atoms with van der Waals surface area (Å²) in [5.41, 5.74) is 0. The van der Waals surface area contributed by atoms with Gasteiger partial charge in [0, 0.05) is 45.1 Å². The number of carbonyl (C=O) groups excluding carboxylic acids is 1. The van der Waals surface area contributed by atoms with E-state index in [1.807, 2.05) is 4.90 Å². The Morgan fingerprint density at radius 1 is 1.18 bits per heavy atom. The standard InChI is InChI=1S/C18H32N2O2/c1-5-17(4)22-15-7-9-18(21)20-13-11-19(12-14-20)10-6-8-16(2)3/h16-17H,5,7,9-15H2,1-4H3. The van der Waals surface area contributed by atoms with E-state index in [-0.39, 0.29) is 5.91 Å². The molecule has 0 spiro atoms. The van der Waals surface area contributed by atoms with Gasteiger partial charge in [0.15, 0.2) is 0 Å². The Balaban J connectivity index is 2.16. The molecule has 0 bridgehead atoms. The van der Waals surface area contributed by atoms with Crippen molar-refractivity contribution in [2.45, 2.75) is 53.1 Å². The molecule has 0 aliphatic carbocycles. The van der Waals surface area contributed by atoms with Crippen molar-refractivity contribution < 1.29 is 9.53 Å². The normalized spacial score (nSPS) is 17.2. The second-order valence-electron chi connectivity index (χ2n) is 6.33. The molecule has 0 N–H and O–H groups in total. The lowest BCUT2D eigenvalue weighted by atomic mass is 10.2. The van der Waals surface area contributed by atoms with Crippen LogP contribution < -0.4 is 0 Å². The zero-order chi connectivity index (χ0) is 16.4. The third kappa shape index (κ3) is 7.82. The minimum atomic E-state index is 0.265. The Hall–Kier alpha value is -1.05. The van der Waals surface area contributed by atoms with Gasteiger partial charge in [-0.1, -0.05) is 32.6 Å². The highest BCUT2D eigenvalue weighted by Gasteiger charge is 2.20. The molecule has 1 aliphatic rings. The van der Waals surface area contributed by atoms with Crippen molar-refractivity contribution in [2.24, 2.45) is 5.92 Å². The Morgan fingerprint density at radius 3 is 2.45 bits per heavy atom. The highest BCUT2D eigenvalue weighted by atomic mass is 16.5. The summed E-state index contributed by atoms with van der Waals surface area (Å²) >= 11 is 0. The first kappa shape index (κ1) is 19.0. The lowest BCUT2D eigenvalue weighted by Gasteiger charge is -2.33. The second kappa shape index (κ2) is 10.6. The lowest BCUT2D eigenvalue weighted by molar-refractivity contribution is -0.133. The maximum atomic E-state index is 12.1. The molecule has 0 saturated carbocycles. The number of hydrogen-bond acceptors (Lipinski definition) is 3. The molecule has 0 radical (unpaired) electrons. The first-order chi connectivity index (χ1) is 10.5. The van der Waals surface area contributed by atoms with Gasteiger partial charge in [-0.2, -0.15) is 0 Å². The van der Waals surface area contributed by atoms with E-state index in [2.05, 4.69) is 44.4 Å². The summed E-state index contributed by atoms with van der Waals surface area (Å²) < 4.78 is 5.62. The first-order valence-electron chi connectivity index (χ1n) is 8.63. The zero-order valence-corrected chi connectivity index (χ0v) is 14.7. The molecule has 1 heterocycles. The van der Waals surface area contributed by atoms with E-state index >= 15 is 0 Å². The molecule has 22 heavy (non-hydrogen) atoms. The summed E-state index contributed by atoms with van der Waals surface area (Å²) in [7, 11) is 0. The van der Waals surface area contributed by atoms with E-state index in [1.165, 1.54) is 0 Å². The smallest absolute Gasteiger partial charge is 0.222 e. The van der Waals surface area contributed by atoms with Crippen LogP contribution in [-0.4, -0.2) is 61.1 Å². The molecule has 1 aliphatic heterocycles. The van der Waals surface area contributed by atoms with Crippen molar-refractivity contribution in [2.75, 3.05) is 39.3 Å². The summed E-state index contributed by atoms with van der Waals surface area (Å²) in [4.78, 5) is 16.5. The third-order valence-electron chi connectivity index (χ3n) is 3.93. The van der Waals surface area contributed by atoms with Crippen LogP contribution in [0.1, 0.15) is 47.0 Å². The number of nitrogens with zero attached hydrogens (tertiary/aromatic N) is 2. The predicted molar refractivity (Wildman–Crippen MR) is 90.6 cm³/mol. The molecule has 1 unspecified atom stereocenters. The molecular weight excluding hydrogens is 276 g/mol. The third-order valence-corrected chi connectivity index (χ3v) is 3.93. The van der Waals surface area contributed by atoms with Gasteiger partial charge in [0.1, 0.15) is 0 Å². The molecule has 1 rings (SSSR count). The second-order valence-corrected chi connectivity index (χ2v) is 6.33. The van der Waals surface area contributed by atoms with Crippen molar-refractivity contribution in [3.8, 4) is 11.8 Å². The van der Waals surface area contributed by atoms with Crippen LogP contribution in [-0.2, 0) is 9.53 Å². The van der Waals surface area contributed by atoms with Gasteiger partial charge in [-0.25, -0.2) is 0 Å². The van der Waals surface area contributed by atoms with Crippen LogP contribution in [0.25, 0.3) is 0 Å². The summed E-state index contributed by atoms with van der Waals surface area (Å²) in [5, 5.41) is 0. The molecule has 0 aromatic rings. The molecule has 4 nitrogen and oxygen atoms in total. The van der Waals surface area contributed by atoms with Crippen LogP contribution in [0.4, 0.5) is 0 Å². The van der Waals surface area contributed by atoms with Gasteiger partial charge < -0.3 is 9.64 Å². The summed E-state index contributed by atoms with van der Waals surface area (Å²) in [6, 6.07) is 0. The van der Waals surface area contributed by atoms with Gasteiger partial charge in [0.25, 0.3) is 0 Å². The van der Waals surface area contributed by atoms with Crippen molar-refractivity contribution in [1.29, 1.82) is 0 Å². The van der Waals surface area contributed by atoms with Crippen molar-refractivity contribution >= 4 is 5.91 Å². The minimum Gasteiger partial charge on any atom is -0.379 e. The van der Waals surface area contributed by atoms with Crippen LogP contribution in [0.5, 0.6) is 0 Å². The number of amides is 1. The highest BCUT2D eigenvalue weighted by Crippen LogP contribution is 2.06. The maximum absolute atomic E-state index is 12.1. The average Bonchev–Trinajstić information content (AvgIpc) is 2.51. The Bertz CT molecular complexity index is 376. The number of carbonyl (C=O) groups is 1. The quantitative estimate of drug-likeness (QED) is 0.535. The Labute approximate surface area is 136 Å². The number of ether oxygens (including phenoxy) is 1. The summed E-state index contributed by atoms with van der Waals surface area (Å²) in [6.07, 6.45) is 2.74. The average molecular weight is 308 g/mol. The molecule has 0 aromatic heterocycles. The fraction of sp³-hybridized carbons (Fsp3) is 0.833. The monoisotopic (exact) mass is 308 g/mol. The van der Waals surface area contributed by atoms with Gasteiger partial charge in [0.2, 0.25) is 5.91 Å². The molecule has 4 heteroatoms. The van der Waals surface area contributed by atoms with Gasteiger partial charge in [0.05, 0.1) is 12.6 Å². The molecular formula is C18H32N2O2. The number of rotatable bonds is 7. The van der Waals surface area contributed by atoms with Crippen LogP contribution in [0, 0.1) is 17.8 Å². The van der Waals surface area contributed by atoms with E-state index in [1.54, 1.807) is 0 Å². The summed E-state index contributed by atoms with van der Waals surface area (Å²) in [5.74, 6) is 7.10. The van der Waals surface area contributed by atoms with Gasteiger partial charge in [-0.15, -0.1) is 0 Å². The number of hydrogen-bond donors (Lipinski definition) is 0. The number of piperazine rings is 1. The predicted octanol–water partition coefficient (Wildman–Crippen LogP) is 2.39. The fourth-order valence-electron chi connectivity index (χ4n) is 2.30. The fourth-order valence-corrected chi connectivity index (χ4v) is 2.30. The topological polar surface area (TPSA) is 32.8 Å². The van der Waals surface area contributed by atoms with E-state index in [0.29, 0.717) is 25.0 Å². The van der Waals surface area contributed by atoms with E-state index in [9.17, 15) is 4.79 Å². The van der Waals surface area contributed by atoms with Gasteiger partial charge in [-0.05, 0) is 19.8 Å². The van der Waals surface area contributed by atoms with Gasteiger partial charge >= 0.3 is 0 Å². The lowest BCUT2D eigenvalue weighted by Crippen LogP contribution is -2.48. The minimum absolute atomic E-state index is 0.265. The molecule has 1 amide bonds. The maximum Gasteiger partial charge on any atom is 0.222 e. The van der Waals surface area contributed by atoms with E-state index in [4.69, 9.17) is 4.74 Å². The largest absolute Gasteiger partial charge is 0.379 e. The summed E-state index contributed by atoms with van der Waals surface area (Å²) in [6.45, 7) is 13.4. The van der Waals surface area contributed by atoms with E-state index in [0.717, 1.165) is 45.6 Å². The van der Waals surface area contributed by atoms with Crippen molar-refractivity contribution in [1.82, 2.24) is 9.80 Å². The highest BCUT2D eigenvalue weighted by molar-refractivity contribution is 5.76. The Kier molecular flexibility index (Phi) is 9.19. The zero-order valence-electron chi connectivity index (χ0n) is 14.7. The van der Waals surface area contributed by atoms with Crippen LogP contribution >= 0.6 is 0 Å². The van der Waals surface area contributed by atoms with Crippen molar-refractivity contribution in [3.05, 3.63) is 0 Å². The van der Waals surface area contributed by atoms with Crippen molar-refractivity contribution in [3.63, 3.8) is 0 Å². The molecule has 1 atom stereocenters. The van der Waals surface area contributed by atoms with E-state index < -0.39 is 0 Å². The molecule has 126 valence electrons.